The molecule has 5 heteroatoms. The summed E-state index contributed by atoms with van der Waals surface area (Å²) in [6, 6.07) is 11.4. The van der Waals surface area contributed by atoms with E-state index in [4.69, 9.17) is 0 Å². The quantitative estimate of drug-likeness (QED) is 0.593. The fourth-order valence-corrected chi connectivity index (χ4v) is 1.85. The third kappa shape index (κ3) is 3.29. The first-order chi connectivity index (χ1) is 8.25. The number of nitrogens with zero attached hydrogens (tertiary/aromatic N) is 2. The van der Waals surface area contributed by atoms with E-state index in [2.05, 4.69) is 9.97 Å². The fourth-order valence-electron chi connectivity index (χ4n) is 1.30. The van der Waals surface area contributed by atoms with Gasteiger partial charge >= 0.3 is 0 Å². The van der Waals surface area contributed by atoms with Crippen molar-refractivity contribution in [2.24, 2.45) is 0 Å². The van der Waals surface area contributed by atoms with E-state index in [1.807, 2.05) is 30.3 Å². The molecule has 0 aliphatic rings. The predicted molar refractivity (Wildman–Crippen MR) is 63.2 cm³/mol. The van der Waals surface area contributed by atoms with Crippen LogP contribution in [-0.4, -0.2) is 21.7 Å². The van der Waals surface area contributed by atoms with Crippen molar-refractivity contribution in [3.63, 3.8) is 0 Å². The SMILES string of the molecule is O=C([O-])CSc1nccc(-c2ccccc2)n1. The minimum absolute atomic E-state index is 0.141. The molecule has 0 saturated heterocycles. The molecule has 0 radical (unpaired) electrons. The van der Waals surface area contributed by atoms with Crippen molar-refractivity contribution in [3.8, 4) is 11.3 Å². The summed E-state index contributed by atoms with van der Waals surface area (Å²) in [6.07, 6.45) is 1.62. The number of rotatable bonds is 4. The van der Waals surface area contributed by atoms with Crippen LogP contribution in [0.2, 0.25) is 0 Å². The zero-order valence-electron chi connectivity index (χ0n) is 8.87. The van der Waals surface area contributed by atoms with Crippen LogP contribution >= 0.6 is 11.8 Å². The number of carboxylic acid groups (broad SMARTS) is 1. The minimum Gasteiger partial charge on any atom is -0.549 e. The lowest BCUT2D eigenvalue weighted by molar-refractivity contribution is -0.301. The molecular weight excluding hydrogens is 236 g/mol. The smallest absolute Gasteiger partial charge is 0.188 e. The number of hydrogen-bond donors (Lipinski definition) is 0. The molecular formula is C12H9N2O2S-. The Labute approximate surface area is 103 Å². The Morgan fingerprint density at radius 2 is 2.00 bits per heavy atom. The van der Waals surface area contributed by atoms with Gasteiger partial charge in [0.05, 0.1) is 11.7 Å². The molecule has 2 rings (SSSR count). The summed E-state index contributed by atoms with van der Waals surface area (Å²) < 4.78 is 0. The molecule has 0 atom stereocenters. The molecule has 0 saturated carbocycles. The molecule has 0 aliphatic heterocycles. The molecule has 17 heavy (non-hydrogen) atoms. The van der Waals surface area contributed by atoms with E-state index in [0.717, 1.165) is 23.0 Å². The number of carboxylic acids is 1. The lowest BCUT2D eigenvalue weighted by Gasteiger charge is -2.03. The van der Waals surface area contributed by atoms with Gasteiger partial charge in [0.2, 0.25) is 0 Å². The number of hydrogen-bond acceptors (Lipinski definition) is 5. The van der Waals surface area contributed by atoms with E-state index in [-0.39, 0.29) is 5.75 Å². The third-order valence-electron chi connectivity index (χ3n) is 2.02. The van der Waals surface area contributed by atoms with Gasteiger partial charge in [0, 0.05) is 17.5 Å². The first-order valence-corrected chi connectivity index (χ1v) is 5.95. The van der Waals surface area contributed by atoms with Gasteiger partial charge in [-0.1, -0.05) is 42.1 Å². The van der Waals surface area contributed by atoms with E-state index in [9.17, 15) is 9.90 Å². The largest absolute Gasteiger partial charge is 0.549 e. The number of aromatic nitrogens is 2. The van der Waals surface area contributed by atoms with Crippen LogP contribution in [0.15, 0.2) is 47.8 Å². The topological polar surface area (TPSA) is 65.9 Å². The Bertz CT molecular complexity index is 517. The summed E-state index contributed by atoms with van der Waals surface area (Å²) >= 11 is 1.05. The van der Waals surface area contributed by atoms with Crippen LogP contribution in [0.5, 0.6) is 0 Å². The van der Waals surface area contributed by atoms with Crippen molar-refractivity contribution in [1.82, 2.24) is 9.97 Å². The normalized spacial score (nSPS) is 10.1. The fraction of sp³-hybridized carbons (Fsp3) is 0.0833. The maximum Gasteiger partial charge on any atom is 0.188 e. The van der Waals surface area contributed by atoms with E-state index >= 15 is 0 Å². The van der Waals surface area contributed by atoms with Gasteiger partial charge in [0.1, 0.15) is 0 Å². The predicted octanol–water partition coefficient (Wildman–Crippen LogP) is 0.986. The Kier molecular flexibility index (Phi) is 3.72. The van der Waals surface area contributed by atoms with Crippen molar-refractivity contribution in [2.75, 3.05) is 5.75 Å². The molecule has 4 nitrogen and oxygen atoms in total. The summed E-state index contributed by atoms with van der Waals surface area (Å²) in [5.41, 5.74) is 1.76. The highest BCUT2D eigenvalue weighted by Crippen LogP contribution is 2.19. The summed E-state index contributed by atoms with van der Waals surface area (Å²) in [7, 11) is 0. The molecule has 0 amide bonds. The lowest BCUT2D eigenvalue weighted by Crippen LogP contribution is -2.24. The number of carbonyl (C=O) groups excluding carboxylic acids is 1. The summed E-state index contributed by atoms with van der Waals surface area (Å²) in [4.78, 5) is 18.6. The van der Waals surface area contributed by atoms with E-state index in [1.54, 1.807) is 12.3 Å². The van der Waals surface area contributed by atoms with E-state index in [1.165, 1.54) is 0 Å². The number of benzene rings is 1. The van der Waals surface area contributed by atoms with E-state index < -0.39 is 5.97 Å². The van der Waals surface area contributed by atoms with Crippen molar-refractivity contribution in [2.45, 2.75) is 5.16 Å². The van der Waals surface area contributed by atoms with Crippen molar-refractivity contribution < 1.29 is 9.90 Å². The van der Waals surface area contributed by atoms with Gasteiger partial charge in [0.15, 0.2) is 5.16 Å². The van der Waals surface area contributed by atoms with Gasteiger partial charge < -0.3 is 9.90 Å². The highest BCUT2D eigenvalue weighted by Gasteiger charge is 2.02. The molecule has 1 aromatic carbocycles. The standard InChI is InChI=1S/C12H10N2O2S/c15-11(16)8-17-12-13-7-6-10(14-12)9-4-2-1-3-5-9/h1-7H,8H2,(H,15,16)/p-1. The van der Waals surface area contributed by atoms with Gasteiger partial charge in [0.25, 0.3) is 0 Å². The molecule has 2 aromatic rings. The van der Waals surface area contributed by atoms with Crippen LogP contribution in [0.25, 0.3) is 11.3 Å². The van der Waals surface area contributed by atoms with Gasteiger partial charge in [-0.25, -0.2) is 9.97 Å². The highest BCUT2D eigenvalue weighted by molar-refractivity contribution is 7.99. The van der Waals surface area contributed by atoms with Crippen LogP contribution in [-0.2, 0) is 4.79 Å². The number of thioether (sulfide) groups is 1. The van der Waals surface area contributed by atoms with Gasteiger partial charge in [-0.15, -0.1) is 0 Å². The first-order valence-electron chi connectivity index (χ1n) is 4.97. The zero-order chi connectivity index (χ0) is 12.1. The van der Waals surface area contributed by atoms with Gasteiger partial charge in [-0.05, 0) is 6.07 Å². The maximum absolute atomic E-state index is 10.3. The second-order valence-electron chi connectivity index (χ2n) is 3.25. The second-order valence-corrected chi connectivity index (χ2v) is 4.19. The van der Waals surface area contributed by atoms with Crippen LogP contribution in [0.4, 0.5) is 0 Å². The lowest BCUT2D eigenvalue weighted by atomic mass is 10.1. The molecule has 0 fully saturated rings. The van der Waals surface area contributed by atoms with Gasteiger partial charge in [-0.3, -0.25) is 0 Å². The average molecular weight is 245 g/mol. The van der Waals surface area contributed by atoms with Crippen LogP contribution in [0, 0.1) is 0 Å². The zero-order valence-corrected chi connectivity index (χ0v) is 9.68. The average Bonchev–Trinajstić information content (AvgIpc) is 2.38. The van der Waals surface area contributed by atoms with Crippen LogP contribution < -0.4 is 5.11 Å². The Morgan fingerprint density at radius 3 is 2.71 bits per heavy atom. The van der Waals surface area contributed by atoms with Crippen molar-refractivity contribution in [1.29, 1.82) is 0 Å². The molecule has 1 heterocycles. The maximum atomic E-state index is 10.3. The molecule has 0 spiro atoms. The Hall–Kier alpha value is -1.88. The summed E-state index contributed by atoms with van der Waals surface area (Å²) in [6.45, 7) is 0. The van der Waals surface area contributed by atoms with Crippen LogP contribution in [0.3, 0.4) is 0 Å². The van der Waals surface area contributed by atoms with Gasteiger partial charge in [-0.2, -0.15) is 0 Å². The molecule has 0 N–H and O–H groups in total. The first kappa shape index (κ1) is 11.6. The monoisotopic (exact) mass is 245 g/mol. The highest BCUT2D eigenvalue weighted by atomic mass is 32.2. The van der Waals surface area contributed by atoms with Crippen LogP contribution in [0.1, 0.15) is 0 Å². The molecule has 0 bridgehead atoms. The Balaban J connectivity index is 2.20. The van der Waals surface area contributed by atoms with Crippen molar-refractivity contribution >= 4 is 17.7 Å². The Morgan fingerprint density at radius 1 is 1.24 bits per heavy atom. The summed E-state index contributed by atoms with van der Waals surface area (Å²) in [5.74, 6) is -1.26. The second kappa shape index (κ2) is 5.45. The van der Waals surface area contributed by atoms with Crippen molar-refractivity contribution in [3.05, 3.63) is 42.6 Å². The number of aliphatic carboxylic acids is 1. The summed E-state index contributed by atoms with van der Waals surface area (Å²) in [5, 5.41) is 10.8. The number of carbonyl (C=O) groups is 1. The minimum atomic E-state index is -1.12. The molecule has 86 valence electrons. The molecule has 0 unspecified atom stereocenters. The van der Waals surface area contributed by atoms with E-state index in [0.29, 0.717) is 5.16 Å². The third-order valence-corrected chi connectivity index (χ3v) is 2.86. The molecule has 0 aliphatic carbocycles. The molecule has 1 aromatic heterocycles.